The zero-order chi connectivity index (χ0) is 19.0. The first kappa shape index (κ1) is 17.5. The lowest BCUT2D eigenvalue weighted by molar-refractivity contribution is -0.127. The number of aryl methyl sites for hydroxylation is 2. The normalized spacial score (nSPS) is 14.5. The van der Waals surface area contributed by atoms with Gasteiger partial charge in [-0.15, -0.1) is 0 Å². The van der Waals surface area contributed by atoms with Crippen LogP contribution >= 0.6 is 0 Å². The van der Waals surface area contributed by atoms with E-state index in [0.29, 0.717) is 18.7 Å². The smallest absolute Gasteiger partial charge is 0.295 e. The summed E-state index contributed by atoms with van der Waals surface area (Å²) in [5, 5.41) is 0.839. The molecule has 4 rings (SSSR count). The van der Waals surface area contributed by atoms with Crippen LogP contribution in [0.15, 0.2) is 48.7 Å². The molecule has 138 valence electrons. The number of carbonyl (C=O) groups is 2. The third kappa shape index (κ3) is 3.27. The maximum absolute atomic E-state index is 13.0. The number of likely N-dealkylation sites (tertiary alicyclic amines) is 1. The molecule has 27 heavy (non-hydrogen) atoms. The zero-order valence-corrected chi connectivity index (χ0v) is 15.9. The molecule has 0 radical (unpaired) electrons. The van der Waals surface area contributed by atoms with E-state index in [2.05, 4.69) is 37.3 Å². The summed E-state index contributed by atoms with van der Waals surface area (Å²) in [6.07, 6.45) is 4.87. The topological polar surface area (TPSA) is 42.3 Å². The molecule has 0 spiro atoms. The number of nitrogens with zero attached hydrogens (tertiary/aromatic N) is 2. The third-order valence-corrected chi connectivity index (χ3v) is 5.46. The lowest BCUT2D eigenvalue weighted by Gasteiger charge is -2.25. The fourth-order valence-corrected chi connectivity index (χ4v) is 3.85. The predicted molar refractivity (Wildman–Crippen MR) is 108 cm³/mol. The molecule has 4 nitrogen and oxygen atoms in total. The van der Waals surface area contributed by atoms with Crippen LogP contribution in [-0.2, 0) is 11.8 Å². The van der Waals surface area contributed by atoms with Gasteiger partial charge < -0.3 is 9.47 Å². The Hall–Kier alpha value is -2.88. The van der Waals surface area contributed by atoms with Crippen molar-refractivity contribution in [3.63, 3.8) is 0 Å². The number of Topliss-reactive ketones (excluding diaryl/α,β-unsaturated/α-hetero) is 1. The Balaban J connectivity index is 1.74. The third-order valence-electron chi connectivity index (χ3n) is 5.46. The fourth-order valence-electron chi connectivity index (χ4n) is 3.85. The minimum absolute atomic E-state index is 0.372. The van der Waals surface area contributed by atoms with Crippen LogP contribution in [0.25, 0.3) is 22.0 Å². The van der Waals surface area contributed by atoms with E-state index in [4.69, 9.17) is 0 Å². The lowest BCUT2D eigenvalue weighted by Crippen LogP contribution is -2.40. The number of rotatable bonds is 3. The molecule has 1 fully saturated rings. The molecule has 1 saturated heterocycles. The predicted octanol–water partition coefficient (Wildman–Crippen LogP) is 4.35. The average molecular weight is 360 g/mol. The minimum Gasteiger partial charge on any atom is -0.350 e. The van der Waals surface area contributed by atoms with Crippen LogP contribution in [0.3, 0.4) is 0 Å². The van der Waals surface area contributed by atoms with Crippen molar-refractivity contribution < 1.29 is 9.59 Å². The van der Waals surface area contributed by atoms with Crippen molar-refractivity contribution in [2.45, 2.75) is 26.2 Å². The molecule has 4 heteroatoms. The van der Waals surface area contributed by atoms with Crippen molar-refractivity contribution >= 4 is 22.6 Å². The van der Waals surface area contributed by atoms with Crippen molar-refractivity contribution in [3.8, 4) is 11.1 Å². The number of benzene rings is 2. The Morgan fingerprint density at radius 2 is 1.56 bits per heavy atom. The van der Waals surface area contributed by atoms with Gasteiger partial charge in [0.05, 0.1) is 5.56 Å². The van der Waals surface area contributed by atoms with Crippen LogP contribution in [0.1, 0.15) is 35.2 Å². The highest BCUT2D eigenvalue weighted by Gasteiger charge is 2.27. The summed E-state index contributed by atoms with van der Waals surface area (Å²) >= 11 is 0. The number of hydrogen-bond acceptors (Lipinski definition) is 2. The van der Waals surface area contributed by atoms with Gasteiger partial charge in [-0.05, 0) is 49.4 Å². The number of aromatic nitrogens is 1. The SMILES string of the molecule is Cc1ccc(-c2ccc3c(c2)c(C(=O)C(=O)N2CCCCC2)cn3C)cc1. The van der Waals surface area contributed by atoms with Gasteiger partial charge in [-0.2, -0.15) is 0 Å². The monoisotopic (exact) mass is 360 g/mol. The Bertz CT molecular complexity index is 1010. The van der Waals surface area contributed by atoms with Gasteiger partial charge in [0.2, 0.25) is 0 Å². The largest absolute Gasteiger partial charge is 0.350 e. The fraction of sp³-hybridized carbons (Fsp3) is 0.304. The molecule has 0 saturated carbocycles. The standard InChI is InChI=1S/C23H24N2O2/c1-16-6-8-17(9-7-16)18-10-11-21-19(14-18)20(15-24(21)2)22(26)23(27)25-12-4-3-5-13-25/h6-11,14-15H,3-5,12-13H2,1-2H3. The highest BCUT2D eigenvalue weighted by atomic mass is 16.2. The van der Waals surface area contributed by atoms with Crippen LogP contribution in [0.2, 0.25) is 0 Å². The van der Waals surface area contributed by atoms with E-state index in [9.17, 15) is 9.59 Å². The Morgan fingerprint density at radius 3 is 2.26 bits per heavy atom. The van der Waals surface area contributed by atoms with Gasteiger partial charge in [-0.1, -0.05) is 35.9 Å². The van der Waals surface area contributed by atoms with Gasteiger partial charge in [0.25, 0.3) is 11.7 Å². The van der Waals surface area contributed by atoms with E-state index >= 15 is 0 Å². The Labute approximate surface area is 159 Å². The summed E-state index contributed by atoms with van der Waals surface area (Å²) in [5.74, 6) is -0.772. The van der Waals surface area contributed by atoms with Crippen LogP contribution in [-0.4, -0.2) is 34.2 Å². The molecule has 1 aromatic heterocycles. The first-order valence-corrected chi connectivity index (χ1v) is 9.54. The van der Waals surface area contributed by atoms with Crippen molar-refractivity contribution in [3.05, 3.63) is 59.8 Å². The van der Waals surface area contributed by atoms with Gasteiger partial charge >= 0.3 is 0 Å². The Morgan fingerprint density at radius 1 is 0.889 bits per heavy atom. The van der Waals surface area contributed by atoms with Gasteiger partial charge in [-0.3, -0.25) is 9.59 Å². The molecular weight excluding hydrogens is 336 g/mol. The Kier molecular flexibility index (Phi) is 4.56. The summed E-state index contributed by atoms with van der Waals surface area (Å²) in [7, 11) is 1.91. The summed E-state index contributed by atoms with van der Waals surface area (Å²) in [4.78, 5) is 27.4. The first-order valence-electron chi connectivity index (χ1n) is 9.54. The summed E-state index contributed by atoms with van der Waals surface area (Å²) in [6, 6.07) is 14.4. The highest BCUT2D eigenvalue weighted by Crippen LogP contribution is 2.28. The zero-order valence-electron chi connectivity index (χ0n) is 15.9. The molecule has 2 aromatic carbocycles. The molecule has 3 aromatic rings. The van der Waals surface area contributed by atoms with Crippen LogP contribution in [0.5, 0.6) is 0 Å². The minimum atomic E-state index is -0.399. The number of carbonyl (C=O) groups excluding carboxylic acids is 2. The number of piperidine rings is 1. The summed E-state index contributed by atoms with van der Waals surface area (Å²) in [6.45, 7) is 3.43. The van der Waals surface area contributed by atoms with E-state index < -0.39 is 5.78 Å². The number of fused-ring (bicyclic) bond motifs is 1. The van der Waals surface area contributed by atoms with Gasteiger partial charge in [-0.25, -0.2) is 0 Å². The second kappa shape index (κ2) is 7.03. The van der Waals surface area contributed by atoms with Crippen LogP contribution in [0, 0.1) is 6.92 Å². The second-order valence-corrected chi connectivity index (χ2v) is 7.43. The number of hydrogen-bond donors (Lipinski definition) is 0. The van der Waals surface area contributed by atoms with Gasteiger partial charge in [0.1, 0.15) is 0 Å². The quantitative estimate of drug-likeness (QED) is 0.515. The number of amides is 1. The van der Waals surface area contributed by atoms with E-state index in [-0.39, 0.29) is 5.91 Å². The van der Waals surface area contributed by atoms with Crippen molar-refractivity contribution in [1.82, 2.24) is 9.47 Å². The molecule has 1 aliphatic rings. The first-order chi connectivity index (χ1) is 13.0. The maximum Gasteiger partial charge on any atom is 0.295 e. The average Bonchev–Trinajstić information content (AvgIpc) is 3.04. The molecular formula is C23H24N2O2. The number of ketones is 1. The summed E-state index contributed by atoms with van der Waals surface area (Å²) in [5.41, 5.74) is 4.82. The van der Waals surface area contributed by atoms with E-state index in [1.165, 1.54) is 5.56 Å². The van der Waals surface area contributed by atoms with Crippen LogP contribution < -0.4 is 0 Å². The van der Waals surface area contributed by atoms with Gasteiger partial charge in [0, 0.05) is 37.2 Å². The van der Waals surface area contributed by atoms with E-state index in [1.54, 1.807) is 11.1 Å². The molecule has 1 aliphatic heterocycles. The highest BCUT2D eigenvalue weighted by molar-refractivity contribution is 6.45. The van der Waals surface area contributed by atoms with E-state index in [0.717, 1.165) is 41.3 Å². The molecule has 0 aliphatic carbocycles. The van der Waals surface area contributed by atoms with Crippen molar-refractivity contribution in [2.24, 2.45) is 7.05 Å². The molecule has 2 heterocycles. The lowest BCUT2D eigenvalue weighted by atomic mass is 10.00. The van der Waals surface area contributed by atoms with E-state index in [1.807, 2.05) is 23.7 Å². The molecule has 1 amide bonds. The molecule has 0 N–H and O–H groups in total. The molecule has 0 atom stereocenters. The molecule has 0 bridgehead atoms. The maximum atomic E-state index is 13.0. The van der Waals surface area contributed by atoms with Crippen LogP contribution in [0.4, 0.5) is 0 Å². The summed E-state index contributed by atoms with van der Waals surface area (Å²) < 4.78 is 1.92. The van der Waals surface area contributed by atoms with Crippen molar-refractivity contribution in [2.75, 3.05) is 13.1 Å². The molecule has 0 unspecified atom stereocenters. The second-order valence-electron chi connectivity index (χ2n) is 7.43. The van der Waals surface area contributed by atoms with Crippen molar-refractivity contribution in [1.29, 1.82) is 0 Å². The van der Waals surface area contributed by atoms with Gasteiger partial charge in [0.15, 0.2) is 0 Å².